The van der Waals surface area contributed by atoms with Gasteiger partial charge in [-0.1, -0.05) is 0 Å². The molecule has 1 aromatic heterocycles. The molecule has 1 aromatic rings. The summed E-state index contributed by atoms with van der Waals surface area (Å²) in [5, 5.41) is 15.7. The fourth-order valence-electron chi connectivity index (χ4n) is 2.11. The molecule has 2 fully saturated rings. The molecule has 0 aliphatic heterocycles. The van der Waals surface area contributed by atoms with Crippen molar-refractivity contribution in [1.29, 1.82) is 0 Å². The lowest BCUT2D eigenvalue weighted by atomic mass is 9.89. The van der Waals surface area contributed by atoms with E-state index in [9.17, 15) is 5.11 Å². The van der Waals surface area contributed by atoms with Crippen LogP contribution in [0.3, 0.4) is 0 Å². The zero-order valence-corrected chi connectivity index (χ0v) is 9.98. The van der Waals surface area contributed by atoms with Crippen molar-refractivity contribution in [2.45, 2.75) is 43.7 Å². The van der Waals surface area contributed by atoms with Crippen molar-refractivity contribution in [3.05, 3.63) is 11.9 Å². The maximum atomic E-state index is 9.26. The van der Waals surface area contributed by atoms with Gasteiger partial charge in [0.15, 0.2) is 0 Å². The van der Waals surface area contributed by atoms with E-state index in [0.717, 1.165) is 30.3 Å². The van der Waals surface area contributed by atoms with Crippen LogP contribution in [-0.4, -0.2) is 34.3 Å². The molecule has 1 heterocycles. The first-order chi connectivity index (χ1) is 8.24. The van der Waals surface area contributed by atoms with E-state index < -0.39 is 0 Å². The quantitative estimate of drug-likeness (QED) is 0.733. The summed E-state index contributed by atoms with van der Waals surface area (Å²) >= 11 is 0. The van der Waals surface area contributed by atoms with E-state index in [1.807, 2.05) is 13.1 Å². The van der Waals surface area contributed by atoms with Gasteiger partial charge in [0.2, 0.25) is 0 Å². The second-order valence-electron chi connectivity index (χ2n) is 4.99. The zero-order valence-electron chi connectivity index (χ0n) is 9.98. The number of aromatic nitrogens is 2. The average Bonchev–Trinajstić information content (AvgIpc) is 3.10. The molecular formula is C12H18N4O. The minimum absolute atomic E-state index is 0.138. The van der Waals surface area contributed by atoms with Crippen LogP contribution in [0.1, 0.15) is 37.4 Å². The Morgan fingerprint density at radius 1 is 1.24 bits per heavy atom. The maximum Gasteiger partial charge on any atom is 0.136 e. The minimum atomic E-state index is -0.138. The molecule has 0 amide bonds. The normalized spacial score (nSPS) is 27.4. The highest BCUT2D eigenvalue weighted by atomic mass is 16.3. The van der Waals surface area contributed by atoms with Crippen LogP contribution < -0.4 is 10.6 Å². The van der Waals surface area contributed by atoms with Gasteiger partial charge in [0.05, 0.1) is 6.10 Å². The van der Waals surface area contributed by atoms with Crippen LogP contribution in [-0.2, 0) is 0 Å². The van der Waals surface area contributed by atoms with E-state index in [0.29, 0.717) is 12.0 Å². The number of aliphatic hydroxyl groups excluding tert-OH is 1. The highest BCUT2D eigenvalue weighted by Crippen LogP contribution is 2.39. The molecule has 0 bridgehead atoms. The summed E-state index contributed by atoms with van der Waals surface area (Å²) in [6.07, 6.45) is 3.90. The van der Waals surface area contributed by atoms with Crippen molar-refractivity contribution >= 4 is 11.6 Å². The Bertz CT molecular complexity index is 413. The molecule has 2 aliphatic rings. The van der Waals surface area contributed by atoms with Gasteiger partial charge >= 0.3 is 0 Å². The largest absolute Gasteiger partial charge is 0.393 e. The molecule has 0 unspecified atom stereocenters. The Labute approximate surface area is 101 Å². The second-order valence-corrected chi connectivity index (χ2v) is 4.99. The standard InChI is InChI=1S/C12H18N4O/c1-13-10-6-11(14-8-4-9(17)5-8)16-12(15-10)7-2-3-7/h6-9,17H,2-5H2,1H3,(H2,13,14,15,16). The van der Waals surface area contributed by atoms with Gasteiger partial charge in [0.1, 0.15) is 17.5 Å². The van der Waals surface area contributed by atoms with Crippen LogP contribution in [0.2, 0.25) is 0 Å². The first kappa shape index (κ1) is 10.8. The Hall–Kier alpha value is -1.36. The molecule has 0 aromatic carbocycles. The molecule has 0 spiro atoms. The third-order valence-corrected chi connectivity index (χ3v) is 3.41. The summed E-state index contributed by atoms with van der Waals surface area (Å²) in [7, 11) is 1.87. The van der Waals surface area contributed by atoms with Crippen LogP contribution in [0.4, 0.5) is 11.6 Å². The van der Waals surface area contributed by atoms with Crippen molar-refractivity contribution in [3.63, 3.8) is 0 Å². The predicted molar refractivity (Wildman–Crippen MR) is 66.2 cm³/mol. The van der Waals surface area contributed by atoms with Crippen LogP contribution in [0.5, 0.6) is 0 Å². The molecule has 0 atom stereocenters. The fourth-order valence-corrected chi connectivity index (χ4v) is 2.11. The summed E-state index contributed by atoms with van der Waals surface area (Å²) in [4.78, 5) is 9.01. The first-order valence-electron chi connectivity index (χ1n) is 6.26. The van der Waals surface area contributed by atoms with Crippen molar-refractivity contribution < 1.29 is 5.11 Å². The van der Waals surface area contributed by atoms with Gasteiger partial charge in [-0.05, 0) is 25.7 Å². The molecule has 17 heavy (non-hydrogen) atoms. The minimum Gasteiger partial charge on any atom is -0.393 e. The number of nitrogens with zero attached hydrogens (tertiary/aromatic N) is 2. The van der Waals surface area contributed by atoms with Crippen LogP contribution in [0, 0.1) is 0 Å². The Balaban J connectivity index is 1.75. The van der Waals surface area contributed by atoms with E-state index in [1.165, 1.54) is 12.8 Å². The van der Waals surface area contributed by atoms with Gasteiger partial charge in [-0.2, -0.15) is 0 Å². The smallest absolute Gasteiger partial charge is 0.136 e. The molecule has 2 saturated carbocycles. The summed E-state index contributed by atoms with van der Waals surface area (Å²) in [5.41, 5.74) is 0. The second kappa shape index (κ2) is 4.14. The van der Waals surface area contributed by atoms with E-state index in [2.05, 4.69) is 20.6 Å². The lowest BCUT2D eigenvalue weighted by Gasteiger charge is -2.32. The molecule has 3 N–H and O–H groups in total. The van der Waals surface area contributed by atoms with Crippen molar-refractivity contribution in [1.82, 2.24) is 9.97 Å². The van der Waals surface area contributed by atoms with E-state index in [4.69, 9.17) is 0 Å². The van der Waals surface area contributed by atoms with Gasteiger partial charge in [0.25, 0.3) is 0 Å². The number of rotatable bonds is 4. The monoisotopic (exact) mass is 234 g/mol. The predicted octanol–water partition coefficient (Wildman–Crippen LogP) is 1.33. The van der Waals surface area contributed by atoms with E-state index in [-0.39, 0.29) is 6.10 Å². The molecule has 3 rings (SSSR count). The Morgan fingerprint density at radius 2 is 1.94 bits per heavy atom. The highest BCUT2D eigenvalue weighted by Gasteiger charge is 2.29. The zero-order chi connectivity index (χ0) is 11.8. The van der Waals surface area contributed by atoms with Crippen LogP contribution in [0.15, 0.2) is 6.07 Å². The van der Waals surface area contributed by atoms with Gasteiger partial charge in [-0.3, -0.25) is 0 Å². The van der Waals surface area contributed by atoms with Crippen molar-refractivity contribution in [3.8, 4) is 0 Å². The van der Waals surface area contributed by atoms with Crippen LogP contribution >= 0.6 is 0 Å². The molecule has 92 valence electrons. The Morgan fingerprint density at radius 3 is 2.53 bits per heavy atom. The lowest BCUT2D eigenvalue weighted by Crippen LogP contribution is -2.39. The number of anilines is 2. The molecule has 5 nitrogen and oxygen atoms in total. The van der Waals surface area contributed by atoms with Gasteiger partial charge in [-0.25, -0.2) is 9.97 Å². The fraction of sp³-hybridized carbons (Fsp3) is 0.667. The number of hydrogen-bond donors (Lipinski definition) is 3. The number of aliphatic hydroxyl groups is 1. The summed E-state index contributed by atoms with van der Waals surface area (Å²) < 4.78 is 0. The average molecular weight is 234 g/mol. The lowest BCUT2D eigenvalue weighted by molar-refractivity contribution is 0.0835. The van der Waals surface area contributed by atoms with E-state index >= 15 is 0 Å². The molecule has 2 aliphatic carbocycles. The third kappa shape index (κ3) is 2.34. The SMILES string of the molecule is CNc1cc(NC2CC(O)C2)nc(C2CC2)n1. The number of nitrogens with one attached hydrogen (secondary N) is 2. The summed E-state index contributed by atoms with van der Waals surface area (Å²) in [6, 6.07) is 2.29. The Kier molecular flexibility index (Phi) is 2.63. The highest BCUT2D eigenvalue weighted by molar-refractivity contribution is 5.48. The molecule has 0 saturated heterocycles. The topological polar surface area (TPSA) is 70.1 Å². The summed E-state index contributed by atoms with van der Waals surface area (Å²) in [6.45, 7) is 0. The van der Waals surface area contributed by atoms with Crippen LogP contribution in [0.25, 0.3) is 0 Å². The van der Waals surface area contributed by atoms with Gasteiger partial charge in [0, 0.05) is 25.1 Å². The molecule has 0 radical (unpaired) electrons. The molecular weight excluding hydrogens is 216 g/mol. The van der Waals surface area contributed by atoms with Gasteiger partial charge in [-0.15, -0.1) is 0 Å². The number of hydrogen-bond acceptors (Lipinski definition) is 5. The summed E-state index contributed by atoms with van der Waals surface area (Å²) in [5.74, 6) is 3.24. The maximum absolute atomic E-state index is 9.26. The molecule has 5 heteroatoms. The third-order valence-electron chi connectivity index (χ3n) is 3.41. The van der Waals surface area contributed by atoms with Crippen molar-refractivity contribution in [2.24, 2.45) is 0 Å². The van der Waals surface area contributed by atoms with E-state index in [1.54, 1.807) is 0 Å². The van der Waals surface area contributed by atoms with Crippen molar-refractivity contribution in [2.75, 3.05) is 17.7 Å². The van der Waals surface area contributed by atoms with Gasteiger partial charge < -0.3 is 15.7 Å². The first-order valence-corrected chi connectivity index (χ1v) is 6.26.